The number of nitrogens with one attached hydrogen (secondary N) is 2. The van der Waals surface area contributed by atoms with Gasteiger partial charge in [0.2, 0.25) is 0 Å². The Kier molecular flexibility index (Phi) is 5.92. The van der Waals surface area contributed by atoms with Crippen LogP contribution in [-0.4, -0.2) is 37.9 Å². The Morgan fingerprint density at radius 1 is 1.25 bits per heavy atom. The Hall–Kier alpha value is -2.15. The van der Waals surface area contributed by atoms with E-state index in [0.29, 0.717) is 22.2 Å². The number of methoxy groups -OCH3 is 2. The molecule has 1 rings (SSSR count). The van der Waals surface area contributed by atoms with Gasteiger partial charge in [-0.1, -0.05) is 11.6 Å². The lowest BCUT2D eigenvalue weighted by atomic mass is 10.2. The van der Waals surface area contributed by atoms with Gasteiger partial charge in [-0.3, -0.25) is 4.79 Å². The predicted octanol–water partition coefficient (Wildman–Crippen LogP) is 1.95. The van der Waals surface area contributed by atoms with E-state index in [0.717, 1.165) is 0 Å². The molecule has 0 aliphatic carbocycles. The molecular weight excluding hydrogens is 288 g/mol. The summed E-state index contributed by atoms with van der Waals surface area (Å²) in [5.41, 5.74) is 0.413. The molecule has 0 spiro atoms. The monoisotopic (exact) mass is 302 g/mol. The van der Waals surface area contributed by atoms with Crippen LogP contribution in [0.3, 0.4) is 0 Å². The van der Waals surface area contributed by atoms with Gasteiger partial charge in [0.25, 0.3) is 0 Å². The molecule has 7 nitrogen and oxygen atoms in total. The molecule has 2 amide bonds. The van der Waals surface area contributed by atoms with E-state index in [1.165, 1.54) is 26.4 Å². The third-order valence-electron chi connectivity index (χ3n) is 2.33. The van der Waals surface area contributed by atoms with Crippen LogP contribution in [0.15, 0.2) is 12.1 Å². The molecule has 0 aliphatic rings. The minimum atomic E-state index is -0.986. The molecule has 0 heterocycles. The Labute approximate surface area is 120 Å². The average molecular weight is 303 g/mol. The maximum atomic E-state index is 11.5. The summed E-state index contributed by atoms with van der Waals surface area (Å²) < 4.78 is 10.1. The van der Waals surface area contributed by atoms with E-state index in [1.54, 1.807) is 0 Å². The van der Waals surface area contributed by atoms with Gasteiger partial charge in [0.05, 0.1) is 20.6 Å². The number of urea groups is 1. The van der Waals surface area contributed by atoms with Gasteiger partial charge in [0.15, 0.2) is 0 Å². The molecule has 1 aromatic carbocycles. The molecule has 0 radical (unpaired) electrons. The molecule has 0 aliphatic heterocycles. The van der Waals surface area contributed by atoms with Crippen molar-refractivity contribution in [1.29, 1.82) is 0 Å². The van der Waals surface area contributed by atoms with Crippen LogP contribution in [0.1, 0.15) is 6.42 Å². The fraction of sp³-hybridized carbons (Fsp3) is 0.333. The van der Waals surface area contributed by atoms with Crippen molar-refractivity contribution in [2.75, 3.05) is 26.1 Å². The van der Waals surface area contributed by atoms with Gasteiger partial charge in [0, 0.05) is 24.4 Å². The van der Waals surface area contributed by atoms with E-state index in [4.69, 9.17) is 26.2 Å². The van der Waals surface area contributed by atoms with Crippen LogP contribution in [-0.2, 0) is 4.79 Å². The van der Waals surface area contributed by atoms with E-state index in [2.05, 4.69) is 10.6 Å². The number of rotatable bonds is 6. The number of hydrogen-bond donors (Lipinski definition) is 3. The largest absolute Gasteiger partial charge is 0.495 e. The van der Waals surface area contributed by atoms with E-state index in [-0.39, 0.29) is 13.0 Å². The van der Waals surface area contributed by atoms with Crippen molar-refractivity contribution in [1.82, 2.24) is 5.32 Å². The zero-order valence-electron chi connectivity index (χ0n) is 11.0. The molecule has 8 heteroatoms. The first-order valence-corrected chi connectivity index (χ1v) is 6.04. The van der Waals surface area contributed by atoms with Crippen molar-refractivity contribution >= 4 is 29.3 Å². The maximum Gasteiger partial charge on any atom is 0.319 e. The van der Waals surface area contributed by atoms with Crippen molar-refractivity contribution in [3.8, 4) is 11.5 Å². The number of aliphatic carboxylic acids is 1. The lowest BCUT2D eigenvalue weighted by molar-refractivity contribution is -0.136. The lowest BCUT2D eigenvalue weighted by Gasteiger charge is -2.12. The molecular formula is C12H15ClN2O5. The SMILES string of the molecule is COc1cc(NC(=O)NCCC(=O)O)cc(OC)c1Cl. The quantitative estimate of drug-likeness (QED) is 0.746. The van der Waals surface area contributed by atoms with E-state index < -0.39 is 12.0 Å². The van der Waals surface area contributed by atoms with E-state index >= 15 is 0 Å². The normalized spacial score (nSPS) is 9.75. The molecule has 0 unspecified atom stereocenters. The summed E-state index contributed by atoms with van der Waals surface area (Å²) in [4.78, 5) is 21.9. The fourth-order valence-electron chi connectivity index (χ4n) is 1.40. The van der Waals surface area contributed by atoms with Crippen molar-refractivity contribution in [2.45, 2.75) is 6.42 Å². The average Bonchev–Trinajstić information content (AvgIpc) is 2.40. The van der Waals surface area contributed by atoms with Gasteiger partial charge in [-0.2, -0.15) is 0 Å². The Bertz CT molecular complexity index is 482. The number of halogens is 1. The number of carbonyl (C=O) groups excluding carboxylic acids is 1. The van der Waals surface area contributed by atoms with Crippen LogP contribution < -0.4 is 20.1 Å². The second-order valence-electron chi connectivity index (χ2n) is 3.72. The van der Waals surface area contributed by atoms with Gasteiger partial charge in [-0.25, -0.2) is 4.79 Å². The molecule has 0 fully saturated rings. The highest BCUT2D eigenvalue weighted by Crippen LogP contribution is 2.37. The second-order valence-corrected chi connectivity index (χ2v) is 4.10. The number of amides is 2. The van der Waals surface area contributed by atoms with Crippen LogP contribution in [0.25, 0.3) is 0 Å². The number of hydrogen-bond acceptors (Lipinski definition) is 4. The van der Waals surface area contributed by atoms with Gasteiger partial charge >= 0.3 is 12.0 Å². The summed E-state index contributed by atoms with van der Waals surface area (Å²) in [6, 6.07) is 2.53. The molecule has 3 N–H and O–H groups in total. The van der Waals surface area contributed by atoms with E-state index in [9.17, 15) is 9.59 Å². The summed E-state index contributed by atoms with van der Waals surface area (Å²) in [5, 5.41) is 13.7. The number of carbonyl (C=O) groups is 2. The summed E-state index contributed by atoms with van der Waals surface area (Å²) in [6.07, 6.45) is -0.152. The van der Waals surface area contributed by atoms with E-state index in [1.807, 2.05) is 0 Å². The first kappa shape index (κ1) is 15.9. The zero-order chi connectivity index (χ0) is 15.1. The Morgan fingerprint density at radius 2 is 1.80 bits per heavy atom. The highest BCUT2D eigenvalue weighted by Gasteiger charge is 2.12. The van der Waals surface area contributed by atoms with Crippen LogP contribution in [0.2, 0.25) is 5.02 Å². The Balaban J connectivity index is 2.72. The number of carboxylic acid groups (broad SMARTS) is 1. The van der Waals surface area contributed by atoms with Crippen molar-refractivity contribution < 1.29 is 24.2 Å². The number of ether oxygens (including phenoxy) is 2. The Morgan fingerprint density at radius 3 is 2.25 bits per heavy atom. The maximum absolute atomic E-state index is 11.5. The zero-order valence-corrected chi connectivity index (χ0v) is 11.8. The van der Waals surface area contributed by atoms with Crippen LogP contribution in [0.4, 0.5) is 10.5 Å². The minimum Gasteiger partial charge on any atom is -0.495 e. The molecule has 20 heavy (non-hydrogen) atoms. The molecule has 0 atom stereocenters. The van der Waals surface area contributed by atoms with Crippen LogP contribution in [0, 0.1) is 0 Å². The van der Waals surface area contributed by atoms with Crippen molar-refractivity contribution in [3.63, 3.8) is 0 Å². The standard InChI is InChI=1S/C12H15ClN2O5/c1-19-8-5-7(6-9(20-2)11(8)13)15-12(18)14-4-3-10(16)17/h5-6H,3-4H2,1-2H3,(H,16,17)(H2,14,15,18). The smallest absolute Gasteiger partial charge is 0.319 e. The summed E-state index contributed by atoms with van der Waals surface area (Å²) in [5.74, 6) is -0.279. The lowest BCUT2D eigenvalue weighted by Crippen LogP contribution is -2.30. The highest BCUT2D eigenvalue weighted by molar-refractivity contribution is 6.33. The van der Waals surface area contributed by atoms with Crippen LogP contribution in [0.5, 0.6) is 11.5 Å². The summed E-state index contributed by atoms with van der Waals surface area (Å²) in [7, 11) is 2.88. The van der Waals surface area contributed by atoms with Crippen LogP contribution >= 0.6 is 11.6 Å². The third kappa shape index (κ3) is 4.51. The molecule has 0 bridgehead atoms. The molecule has 0 saturated heterocycles. The van der Waals surface area contributed by atoms with Gasteiger partial charge in [0.1, 0.15) is 16.5 Å². The summed E-state index contributed by atoms with van der Waals surface area (Å²) >= 11 is 5.99. The molecule has 110 valence electrons. The summed E-state index contributed by atoms with van der Waals surface area (Å²) in [6.45, 7) is 0.0308. The third-order valence-corrected chi connectivity index (χ3v) is 2.70. The second kappa shape index (κ2) is 7.44. The van der Waals surface area contributed by atoms with Gasteiger partial charge in [-0.05, 0) is 0 Å². The van der Waals surface area contributed by atoms with Crippen molar-refractivity contribution in [3.05, 3.63) is 17.2 Å². The predicted molar refractivity (Wildman–Crippen MR) is 73.8 cm³/mol. The first-order valence-electron chi connectivity index (χ1n) is 5.66. The van der Waals surface area contributed by atoms with Gasteiger partial charge < -0.3 is 25.2 Å². The fourth-order valence-corrected chi connectivity index (χ4v) is 1.66. The molecule has 1 aromatic rings. The van der Waals surface area contributed by atoms with Crippen molar-refractivity contribution in [2.24, 2.45) is 0 Å². The topological polar surface area (TPSA) is 96.9 Å². The van der Waals surface area contributed by atoms with Gasteiger partial charge in [-0.15, -0.1) is 0 Å². The number of benzene rings is 1. The number of carboxylic acids is 1. The minimum absolute atomic E-state index is 0.0308. The molecule has 0 aromatic heterocycles. The molecule has 0 saturated carbocycles. The first-order chi connectivity index (χ1) is 9.47. The number of anilines is 1. The highest BCUT2D eigenvalue weighted by atomic mass is 35.5.